The third kappa shape index (κ3) is 3.10. The molecule has 2 unspecified atom stereocenters. The van der Waals surface area contributed by atoms with Crippen LogP contribution in [-0.4, -0.2) is 29.1 Å². The molecule has 1 fully saturated rings. The van der Waals surface area contributed by atoms with E-state index >= 15 is 0 Å². The van der Waals surface area contributed by atoms with E-state index in [1.807, 2.05) is 0 Å². The van der Waals surface area contributed by atoms with Gasteiger partial charge in [-0.3, -0.25) is 9.69 Å². The summed E-state index contributed by atoms with van der Waals surface area (Å²) in [5, 5.41) is 8.83. The average molecular weight is 247 g/mol. The molecule has 0 saturated carbocycles. The highest BCUT2D eigenvalue weighted by Crippen LogP contribution is 2.28. The third-order valence-electron chi connectivity index (χ3n) is 3.89. The van der Waals surface area contributed by atoms with Crippen molar-refractivity contribution in [3.05, 3.63) is 35.4 Å². The monoisotopic (exact) mass is 247 g/mol. The van der Waals surface area contributed by atoms with E-state index < -0.39 is 5.97 Å². The largest absolute Gasteiger partial charge is 0.481 e. The van der Waals surface area contributed by atoms with Crippen LogP contribution in [0.3, 0.4) is 0 Å². The van der Waals surface area contributed by atoms with Crippen LogP contribution >= 0.6 is 0 Å². The summed E-state index contributed by atoms with van der Waals surface area (Å²) in [4.78, 5) is 13.1. The predicted molar refractivity (Wildman–Crippen MR) is 71.5 cm³/mol. The van der Waals surface area contributed by atoms with Crippen molar-refractivity contribution in [3.63, 3.8) is 0 Å². The number of aliphatic carboxylic acids is 1. The molecule has 2 rings (SSSR count). The molecule has 18 heavy (non-hydrogen) atoms. The Morgan fingerprint density at radius 2 is 2.11 bits per heavy atom. The molecule has 0 bridgehead atoms. The molecule has 0 aliphatic carbocycles. The van der Waals surface area contributed by atoms with Gasteiger partial charge in [0.2, 0.25) is 0 Å². The number of aryl methyl sites for hydroxylation is 1. The van der Waals surface area contributed by atoms with Crippen LogP contribution in [0.25, 0.3) is 0 Å². The Kier molecular flexibility index (Phi) is 4.02. The second-order valence-electron chi connectivity index (χ2n) is 5.33. The van der Waals surface area contributed by atoms with Crippen molar-refractivity contribution in [2.24, 2.45) is 5.92 Å². The Labute approximate surface area is 108 Å². The van der Waals surface area contributed by atoms with E-state index in [1.54, 1.807) is 0 Å². The number of likely N-dealkylation sites (tertiary alicyclic amines) is 1. The van der Waals surface area contributed by atoms with Crippen molar-refractivity contribution >= 4 is 5.97 Å². The van der Waals surface area contributed by atoms with Crippen LogP contribution < -0.4 is 0 Å². The summed E-state index contributed by atoms with van der Waals surface area (Å²) < 4.78 is 0. The van der Waals surface area contributed by atoms with Crippen LogP contribution in [0, 0.1) is 12.8 Å². The molecule has 1 aromatic rings. The fourth-order valence-electron chi connectivity index (χ4n) is 2.68. The molecule has 3 heteroatoms. The quantitative estimate of drug-likeness (QED) is 0.889. The standard InChI is InChI=1S/C15H21NO2/c1-11-3-5-14(6-4-11)12(2)16-8-7-13(10-16)9-15(17)18/h3-6,12-13H,7-10H2,1-2H3,(H,17,18). The normalized spacial score (nSPS) is 22.0. The molecule has 1 aliphatic heterocycles. The van der Waals surface area contributed by atoms with E-state index in [9.17, 15) is 4.79 Å². The van der Waals surface area contributed by atoms with E-state index in [0.29, 0.717) is 18.4 Å². The number of carbonyl (C=O) groups is 1. The lowest BCUT2D eigenvalue weighted by Gasteiger charge is -2.24. The Morgan fingerprint density at radius 3 is 2.72 bits per heavy atom. The summed E-state index contributed by atoms with van der Waals surface area (Å²) in [6, 6.07) is 8.99. The molecular formula is C15H21NO2. The minimum Gasteiger partial charge on any atom is -0.481 e. The van der Waals surface area contributed by atoms with Gasteiger partial charge >= 0.3 is 5.97 Å². The average Bonchev–Trinajstić information content (AvgIpc) is 2.76. The maximum Gasteiger partial charge on any atom is 0.303 e. The van der Waals surface area contributed by atoms with Gasteiger partial charge in [0.15, 0.2) is 0 Å². The highest BCUT2D eigenvalue weighted by molar-refractivity contribution is 5.67. The van der Waals surface area contributed by atoms with Crippen molar-refractivity contribution in [2.45, 2.75) is 32.7 Å². The summed E-state index contributed by atoms with van der Waals surface area (Å²) in [5.41, 5.74) is 2.59. The fraction of sp³-hybridized carbons (Fsp3) is 0.533. The molecule has 98 valence electrons. The second-order valence-corrected chi connectivity index (χ2v) is 5.33. The first-order chi connectivity index (χ1) is 8.56. The van der Waals surface area contributed by atoms with Crippen LogP contribution in [0.2, 0.25) is 0 Å². The smallest absolute Gasteiger partial charge is 0.303 e. The zero-order valence-corrected chi connectivity index (χ0v) is 11.1. The van der Waals surface area contributed by atoms with Crippen LogP contribution in [0.1, 0.15) is 36.9 Å². The maximum atomic E-state index is 10.7. The minimum atomic E-state index is -0.676. The molecular weight excluding hydrogens is 226 g/mol. The van der Waals surface area contributed by atoms with Crippen LogP contribution in [0.5, 0.6) is 0 Å². The minimum absolute atomic E-state index is 0.303. The molecule has 1 heterocycles. The van der Waals surface area contributed by atoms with Gasteiger partial charge in [-0.15, -0.1) is 0 Å². The summed E-state index contributed by atoms with van der Waals surface area (Å²) in [5.74, 6) is -0.361. The first-order valence-corrected chi connectivity index (χ1v) is 6.58. The lowest BCUT2D eigenvalue weighted by Crippen LogP contribution is -2.25. The van der Waals surface area contributed by atoms with E-state index in [0.717, 1.165) is 19.5 Å². The van der Waals surface area contributed by atoms with Crippen LogP contribution in [0.15, 0.2) is 24.3 Å². The number of benzene rings is 1. The number of hydrogen-bond acceptors (Lipinski definition) is 2. The Balaban J connectivity index is 1.96. The van der Waals surface area contributed by atoms with Gasteiger partial charge in [0.05, 0.1) is 0 Å². The van der Waals surface area contributed by atoms with E-state index in [4.69, 9.17) is 5.11 Å². The maximum absolute atomic E-state index is 10.7. The molecule has 1 saturated heterocycles. The zero-order chi connectivity index (χ0) is 13.1. The Morgan fingerprint density at radius 1 is 1.44 bits per heavy atom. The lowest BCUT2D eigenvalue weighted by molar-refractivity contribution is -0.138. The molecule has 2 atom stereocenters. The number of nitrogens with zero attached hydrogens (tertiary/aromatic N) is 1. The van der Waals surface area contributed by atoms with Gasteiger partial charge in [-0.2, -0.15) is 0 Å². The molecule has 3 nitrogen and oxygen atoms in total. The first-order valence-electron chi connectivity index (χ1n) is 6.58. The lowest BCUT2D eigenvalue weighted by atomic mass is 10.0. The third-order valence-corrected chi connectivity index (χ3v) is 3.89. The van der Waals surface area contributed by atoms with Crippen LogP contribution in [-0.2, 0) is 4.79 Å². The van der Waals surface area contributed by atoms with Gasteiger partial charge in [0, 0.05) is 19.0 Å². The van der Waals surface area contributed by atoms with Crippen molar-refractivity contribution in [1.82, 2.24) is 4.90 Å². The molecule has 0 spiro atoms. The Hall–Kier alpha value is -1.35. The van der Waals surface area contributed by atoms with Gasteiger partial charge in [0.25, 0.3) is 0 Å². The summed E-state index contributed by atoms with van der Waals surface area (Å²) in [7, 11) is 0. The molecule has 0 amide bonds. The van der Waals surface area contributed by atoms with Gasteiger partial charge < -0.3 is 5.11 Å². The predicted octanol–water partition coefficient (Wildman–Crippen LogP) is 2.85. The van der Waals surface area contributed by atoms with Crippen molar-refractivity contribution in [3.8, 4) is 0 Å². The molecule has 1 N–H and O–H groups in total. The fourth-order valence-corrected chi connectivity index (χ4v) is 2.68. The zero-order valence-electron chi connectivity index (χ0n) is 11.1. The SMILES string of the molecule is Cc1ccc(C(C)N2CCC(CC(=O)O)C2)cc1. The van der Waals surface area contributed by atoms with Gasteiger partial charge in [0.1, 0.15) is 0 Å². The Bertz CT molecular complexity index is 413. The van der Waals surface area contributed by atoms with E-state index in [-0.39, 0.29) is 0 Å². The molecule has 0 aromatic heterocycles. The highest BCUT2D eigenvalue weighted by atomic mass is 16.4. The first kappa shape index (κ1) is 13.1. The van der Waals surface area contributed by atoms with Crippen molar-refractivity contribution in [1.29, 1.82) is 0 Å². The summed E-state index contributed by atoms with van der Waals surface area (Å²) in [6.45, 7) is 6.20. The topological polar surface area (TPSA) is 40.5 Å². The van der Waals surface area contributed by atoms with E-state index in [1.165, 1.54) is 11.1 Å². The van der Waals surface area contributed by atoms with Crippen molar-refractivity contribution < 1.29 is 9.90 Å². The van der Waals surface area contributed by atoms with Gasteiger partial charge in [-0.25, -0.2) is 0 Å². The van der Waals surface area contributed by atoms with Gasteiger partial charge in [-0.1, -0.05) is 29.8 Å². The number of hydrogen-bond donors (Lipinski definition) is 1. The summed E-state index contributed by atoms with van der Waals surface area (Å²) >= 11 is 0. The van der Waals surface area contributed by atoms with Gasteiger partial charge in [-0.05, 0) is 38.3 Å². The van der Waals surface area contributed by atoms with Crippen molar-refractivity contribution in [2.75, 3.05) is 13.1 Å². The molecule has 1 aromatic carbocycles. The molecule has 1 aliphatic rings. The number of rotatable bonds is 4. The van der Waals surface area contributed by atoms with Crippen LogP contribution in [0.4, 0.5) is 0 Å². The molecule has 0 radical (unpaired) electrons. The summed E-state index contributed by atoms with van der Waals surface area (Å²) in [6.07, 6.45) is 1.31. The number of carboxylic acid groups (broad SMARTS) is 1. The highest BCUT2D eigenvalue weighted by Gasteiger charge is 2.27. The number of carboxylic acids is 1. The van der Waals surface area contributed by atoms with E-state index in [2.05, 4.69) is 43.0 Å². The second kappa shape index (κ2) is 5.53.